The lowest BCUT2D eigenvalue weighted by Gasteiger charge is -2.33. The summed E-state index contributed by atoms with van der Waals surface area (Å²) in [5.74, 6) is -1.25. The predicted octanol–water partition coefficient (Wildman–Crippen LogP) is 0.997. The summed E-state index contributed by atoms with van der Waals surface area (Å²) < 4.78 is 0. The van der Waals surface area contributed by atoms with Gasteiger partial charge < -0.3 is 20.0 Å². The third-order valence-electron chi connectivity index (χ3n) is 3.52. The number of carboxylic acids is 1. The van der Waals surface area contributed by atoms with Crippen molar-refractivity contribution in [3.8, 4) is 0 Å². The van der Waals surface area contributed by atoms with Gasteiger partial charge in [-0.15, -0.1) is 0 Å². The maximum atomic E-state index is 12.1. The molecule has 0 unspecified atom stereocenters. The number of amides is 2. The van der Waals surface area contributed by atoms with Gasteiger partial charge in [0, 0.05) is 33.3 Å². The average Bonchev–Trinajstić information content (AvgIpc) is 2.42. The molecule has 110 valence electrons. The van der Waals surface area contributed by atoms with Crippen molar-refractivity contribution < 1.29 is 19.8 Å². The van der Waals surface area contributed by atoms with E-state index in [4.69, 9.17) is 10.2 Å². The number of aliphatic hydroxyl groups is 1. The number of carbonyl (C=O) groups excluding carboxylic acids is 1. The fraction of sp³-hybridized carbons (Fsp3) is 0.846. The van der Waals surface area contributed by atoms with Gasteiger partial charge in [0.25, 0.3) is 0 Å². The number of aliphatic hydroxyl groups excluding tert-OH is 1. The quantitative estimate of drug-likeness (QED) is 0.707. The van der Waals surface area contributed by atoms with Crippen molar-refractivity contribution in [1.29, 1.82) is 0 Å². The van der Waals surface area contributed by atoms with E-state index in [2.05, 4.69) is 0 Å². The van der Waals surface area contributed by atoms with Crippen molar-refractivity contribution in [2.24, 2.45) is 5.92 Å². The number of rotatable bonds is 6. The number of piperidine rings is 1. The first kappa shape index (κ1) is 15.8. The Morgan fingerprint density at radius 3 is 2.68 bits per heavy atom. The van der Waals surface area contributed by atoms with E-state index in [1.807, 2.05) is 0 Å². The van der Waals surface area contributed by atoms with Gasteiger partial charge in [0.2, 0.25) is 0 Å². The van der Waals surface area contributed by atoms with Crippen LogP contribution in [-0.4, -0.2) is 65.3 Å². The van der Waals surface area contributed by atoms with Crippen molar-refractivity contribution in [1.82, 2.24) is 9.80 Å². The smallest absolute Gasteiger partial charge is 0.319 e. The molecule has 0 bridgehead atoms. The molecule has 1 rings (SSSR count). The Morgan fingerprint density at radius 2 is 2.05 bits per heavy atom. The summed E-state index contributed by atoms with van der Waals surface area (Å²) in [5, 5.41) is 17.7. The number of hydrogen-bond acceptors (Lipinski definition) is 3. The van der Waals surface area contributed by atoms with Gasteiger partial charge in [0.15, 0.2) is 0 Å². The van der Waals surface area contributed by atoms with Crippen LogP contribution in [0.4, 0.5) is 4.79 Å². The fourth-order valence-electron chi connectivity index (χ4n) is 2.33. The molecule has 0 radical (unpaired) electrons. The SMILES string of the molecule is CN(CCCCCO)C(=O)N1CCC[C@@H](C(=O)O)C1. The first-order valence-corrected chi connectivity index (χ1v) is 6.90. The lowest BCUT2D eigenvalue weighted by molar-refractivity contribution is -0.143. The van der Waals surface area contributed by atoms with E-state index in [1.54, 1.807) is 16.8 Å². The van der Waals surface area contributed by atoms with Gasteiger partial charge in [0.1, 0.15) is 0 Å². The molecule has 6 nitrogen and oxygen atoms in total. The zero-order chi connectivity index (χ0) is 14.3. The van der Waals surface area contributed by atoms with Gasteiger partial charge in [-0.3, -0.25) is 4.79 Å². The van der Waals surface area contributed by atoms with E-state index in [0.29, 0.717) is 26.1 Å². The number of nitrogens with zero attached hydrogens (tertiary/aromatic N) is 2. The minimum Gasteiger partial charge on any atom is -0.481 e. The van der Waals surface area contributed by atoms with Crippen LogP contribution in [0, 0.1) is 5.92 Å². The molecule has 1 heterocycles. The Kier molecular flexibility index (Phi) is 6.62. The Morgan fingerprint density at radius 1 is 1.32 bits per heavy atom. The molecular formula is C13H24N2O4. The highest BCUT2D eigenvalue weighted by molar-refractivity contribution is 5.76. The lowest BCUT2D eigenvalue weighted by Crippen LogP contribution is -2.47. The second-order valence-corrected chi connectivity index (χ2v) is 5.11. The van der Waals surface area contributed by atoms with Gasteiger partial charge in [-0.05, 0) is 32.1 Å². The molecule has 0 aromatic heterocycles. The molecule has 2 amide bonds. The van der Waals surface area contributed by atoms with Crippen molar-refractivity contribution >= 4 is 12.0 Å². The molecule has 0 spiro atoms. The maximum Gasteiger partial charge on any atom is 0.319 e. The normalized spacial score (nSPS) is 19.3. The molecule has 0 aliphatic carbocycles. The second-order valence-electron chi connectivity index (χ2n) is 5.11. The van der Waals surface area contributed by atoms with Gasteiger partial charge in [-0.1, -0.05) is 0 Å². The molecule has 1 atom stereocenters. The van der Waals surface area contributed by atoms with Crippen LogP contribution in [0.15, 0.2) is 0 Å². The van der Waals surface area contributed by atoms with Crippen LogP contribution < -0.4 is 0 Å². The van der Waals surface area contributed by atoms with Crippen molar-refractivity contribution in [2.45, 2.75) is 32.1 Å². The number of aliphatic carboxylic acids is 1. The molecule has 1 aliphatic rings. The largest absolute Gasteiger partial charge is 0.481 e. The molecule has 1 fully saturated rings. The van der Waals surface area contributed by atoms with Gasteiger partial charge in [-0.25, -0.2) is 4.79 Å². The molecular weight excluding hydrogens is 248 g/mol. The number of carboxylic acid groups (broad SMARTS) is 1. The molecule has 0 aromatic carbocycles. The van der Waals surface area contributed by atoms with E-state index in [9.17, 15) is 9.59 Å². The summed E-state index contributed by atoms with van der Waals surface area (Å²) in [5.41, 5.74) is 0. The first-order chi connectivity index (χ1) is 9.06. The standard InChI is InChI=1S/C13H24N2O4/c1-14(7-3-2-4-9-16)13(19)15-8-5-6-11(10-15)12(17)18/h11,16H,2-10H2,1H3,(H,17,18)/t11-/m1/s1. The van der Waals surface area contributed by atoms with E-state index >= 15 is 0 Å². The van der Waals surface area contributed by atoms with Gasteiger partial charge in [-0.2, -0.15) is 0 Å². The molecule has 0 aromatic rings. The summed E-state index contributed by atoms with van der Waals surface area (Å²) in [7, 11) is 1.74. The van der Waals surface area contributed by atoms with Crippen molar-refractivity contribution in [2.75, 3.05) is 33.3 Å². The molecule has 19 heavy (non-hydrogen) atoms. The van der Waals surface area contributed by atoms with E-state index in [1.165, 1.54) is 0 Å². The third kappa shape index (κ3) is 5.06. The fourth-order valence-corrected chi connectivity index (χ4v) is 2.33. The van der Waals surface area contributed by atoms with E-state index in [0.717, 1.165) is 25.7 Å². The molecule has 1 aliphatic heterocycles. The molecule has 2 N–H and O–H groups in total. The summed E-state index contributed by atoms with van der Waals surface area (Å²) in [6.07, 6.45) is 3.91. The number of hydrogen-bond donors (Lipinski definition) is 2. The number of urea groups is 1. The zero-order valence-electron chi connectivity index (χ0n) is 11.5. The van der Waals surface area contributed by atoms with E-state index in [-0.39, 0.29) is 12.6 Å². The van der Waals surface area contributed by atoms with Gasteiger partial charge >= 0.3 is 12.0 Å². The average molecular weight is 272 g/mol. The van der Waals surface area contributed by atoms with Crippen molar-refractivity contribution in [3.05, 3.63) is 0 Å². The number of unbranched alkanes of at least 4 members (excludes halogenated alkanes) is 2. The Balaban J connectivity index is 2.36. The van der Waals surface area contributed by atoms with Crippen LogP contribution in [0.1, 0.15) is 32.1 Å². The molecule has 6 heteroatoms. The highest BCUT2D eigenvalue weighted by Crippen LogP contribution is 2.17. The first-order valence-electron chi connectivity index (χ1n) is 6.90. The summed E-state index contributed by atoms with van der Waals surface area (Å²) in [6.45, 7) is 1.79. The van der Waals surface area contributed by atoms with E-state index < -0.39 is 11.9 Å². The summed E-state index contributed by atoms with van der Waals surface area (Å²) in [6, 6.07) is -0.0880. The minimum absolute atomic E-state index is 0.0880. The number of likely N-dealkylation sites (tertiary alicyclic amines) is 1. The Hall–Kier alpha value is -1.30. The molecule has 1 saturated heterocycles. The Labute approximate surface area is 114 Å². The number of carbonyl (C=O) groups is 2. The monoisotopic (exact) mass is 272 g/mol. The Bertz CT molecular complexity index is 309. The van der Waals surface area contributed by atoms with Crippen molar-refractivity contribution in [3.63, 3.8) is 0 Å². The summed E-state index contributed by atoms with van der Waals surface area (Å²) in [4.78, 5) is 26.4. The van der Waals surface area contributed by atoms with Crippen LogP contribution in [0.3, 0.4) is 0 Å². The minimum atomic E-state index is -0.817. The van der Waals surface area contributed by atoms with Crippen LogP contribution in [-0.2, 0) is 4.79 Å². The maximum absolute atomic E-state index is 12.1. The predicted molar refractivity (Wildman–Crippen MR) is 70.9 cm³/mol. The zero-order valence-corrected chi connectivity index (χ0v) is 11.5. The summed E-state index contributed by atoms with van der Waals surface area (Å²) >= 11 is 0. The highest BCUT2D eigenvalue weighted by Gasteiger charge is 2.29. The van der Waals surface area contributed by atoms with Crippen LogP contribution >= 0.6 is 0 Å². The van der Waals surface area contributed by atoms with Crippen LogP contribution in [0.5, 0.6) is 0 Å². The second kappa shape index (κ2) is 7.99. The van der Waals surface area contributed by atoms with Gasteiger partial charge in [0.05, 0.1) is 5.92 Å². The van der Waals surface area contributed by atoms with Crippen LogP contribution in [0.25, 0.3) is 0 Å². The highest BCUT2D eigenvalue weighted by atomic mass is 16.4. The third-order valence-corrected chi connectivity index (χ3v) is 3.52. The van der Waals surface area contributed by atoms with Crippen LogP contribution in [0.2, 0.25) is 0 Å². The topological polar surface area (TPSA) is 81.1 Å². The lowest BCUT2D eigenvalue weighted by atomic mass is 9.99. The molecule has 0 saturated carbocycles.